The first kappa shape index (κ1) is 24.7. The van der Waals surface area contributed by atoms with Crippen LogP contribution in [0.4, 0.5) is 0 Å². The van der Waals surface area contributed by atoms with Crippen molar-refractivity contribution in [2.75, 3.05) is 20.8 Å². The Morgan fingerprint density at radius 2 is 1.69 bits per heavy atom. The van der Waals surface area contributed by atoms with Crippen LogP contribution in [0.3, 0.4) is 0 Å². The molecule has 0 saturated carbocycles. The normalized spacial score (nSPS) is 26.4. The van der Waals surface area contributed by atoms with E-state index in [9.17, 15) is 9.90 Å². The number of hydrogen-bond donors (Lipinski definition) is 1. The van der Waals surface area contributed by atoms with E-state index in [0.29, 0.717) is 24.2 Å². The number of allylic oxidation sites excluding steroid dienone is 1. The molecule has 0 aliphatic carbocycles. The number of carbonyl (C=O) groups excluding carboxylic acids is 1. The molecule has 3 atom stereocenters. The summed E-state index contributed by atoms with van der Waals surface area (Å²) in [5.41, 5.74) is 3.55. The highest BCUT2D eigenvalue weighted by Gasteiger charge is 2.52. The molecule has 2 aliphatic rings. The molecule has 0 radical (unpaired) electrons. The Morgan fingerprint density at radius 1 is 1.12 bits per heavy atom. The number of rotatable bonds is 4. The molecule has 6 heteroatoms. The Bertz CT molecular complexity index is 876. The van der Waals surface area contributed by atoms with Crippen molar-refractivity contribution in [2.24, 2.45) is 5.92 Å². The SMILES string of the molecule is COC(=O)C1=C(C)N(Cc2cc(C(C)(C)C)cc(C(C)(C)C)c2)[C@@]2(O)CO[C@H](OC)[C@@H]1C2. The van der Waals surface area contributed by atoms with Gasteiger partial charge in [0.05, 0.1) is 19.3 Å². The average molecular weight is 446 g/mol. The second-order valence-electron chi connectivity index (χ2n) is 11.2. The molecular weight excluding hydrogens is 406 g/mol. The third-order valence-corrected chi connectivity index (χ3v) is 6.73. The van der Waals surface area contributed by atoms with Gasteiger partial charge in [-0.25, -0.2) is 4.79 Å². The van der Waals surface area contributed by atoms with Crippen molar-refractivity contribution >= 4 is 5.97 Å². The van der Waals surface area contributed by atoms with E-state index in [1.54, 1.807) is 7.11 Å². The highest BCUT2D eigenvalue weighted by atomic mass is 16.7. The summed E-state index contributed by atoms with van der Waals surface area (Å²) in [5.74, 6) is -0.792. The van der Waals surface area contributed by atoms with Crippen molar-refractivity contribution < 1.29 is 24.1 Å². The van der Waals surface area contributed by atoms with Crippen LogP contribution in [0.5, 0.6) is 0 Å². The highest BCUT2D eigenvalue weighted by molar-refractivity contribution is 5.90. The summed E-state index contributed by atoms with van der Waals surface area (Å²) in [5, 5.41) is 11.6. The van der Waals surface area contributed by atoms with Gasteiger partial charge in [-0.15, -0.1) is 0 Å². The van der Waals surface area contributed by atoms with E-state index in [0.717, 1.165) is 5.56 Å². The molecule has 3 rings (SSSR count). The standard InChI is InChI=1S/C26H39NO5/c1-16-21(22(28)30-8)20-13-26(29,15-32-23(20)31-9)27(16)14-17-10-18(24(2,3)4)12-19(11-17)25(5,6)7/h10-12,20,23,29H,13-15H2,1-9H3/t20-,23+,26+/m1/s1. The largest absolute Gasteiger partial charge is 0.466 e. The number of ether oxygens (including phenoxy) is 3. The Balaban J connectivity index is 2.11. The average Bonchev–Trinajstić information content (AvgIpc) is 2.69. The number of methoxy groups -OCH3 is 2. The first-order valence-electron chi connectivity index (χ1n) is 11.3. The van der Waals surface area contributed by atoms with E-state index < -0.39 is 18.0 Å². The van der Waals surface area contributed by atoms with Gasteiger partial charge in [0.1, 0.15) is 0 Å². The summed E-state index contributed by atoms with van der Waals surface area (Å²) in [7, 11) is 2.93. The van der Waals surface area contributed by atoms with E-state index in [2.05, 4.69) is 59.7 Å². The molecule has 2 aliphatic heterocycles. The quantitative estimate of drug-likeness (QED) is 0.699. The van der Waals surface area contributed by atoms with Gasteiger partial charge in [0.2, 0.25) is 0 Å². The van der Waals surface area contributed by atoms with Crippen molar-refractivity contribution in [3.8, 4) is 0 Å². The highest BCUT2D eigenvalue weighted by Crippen LogP contribution is 2.45. The smallest absolute Gasteiger partial charge is 0.335 e. The molecule has 1 aromatic rings. The second-order valence-corrected chi connectivity index (χ2v) is 11.2. The summed E-state index contributed by atoms with van der Waals surface area (Å²) in [4.78, 5) is 14.6. The lowest BCUT2D eigenvalue weighted by Crippen LogP contribution is -2.61. The predicted octanol–water partition coefficient (Wildman–Crippen LogP) is 4.24. The molecule has 2 bridgehead atoms. The summed E-state index contributed by atoms with van der Waals surface area (Å²) < 4.78 is 16.4. The predicted molar refractivity (Wildman–Crippen MR) is 124 cm³/mol. The fourth-order valence-electron chi connectivity index (χ4n) is 4.73. The number of aliphatic hydroxyl groups is 1. The number of hydrogen-bond acceptors (Lipinski definition) is 6. The Morgan fingerprint density at radius 3 is 2.16 bits per heavy atom. The fourth-order valence-corrected chi connectivity index (χ4v) is 4.73. The number of carbonyl (C=O) groups is 1. The number of nitrogens with zero attached hydrogens (tertiary/aromatic N) is 1. The second kappa shape index (κ2) is 8.47. The van der Waals surface area contributed by atoms with Crippen LogP contribution in [0.2, 0.25) is 0 Å². The Kier molecular flexibility index (Phi) is 6.55. The van der Waals surface area contributed by atoms with Crippen molar-refractivity contribution in [3.63, 3.8) is 0 Å². The van der Waals surface area contributed by atoms with Crippen molar-refractivity contribution in [3.05, 3.63) is 46.2 Å². The number of esters is 1. The van der Waals surface area contributed by atoms with Gasteiger partial charge in [0.25, 0.3) is 0 Å². The van der Waals surface area contributed by atoms with Crippen LogP contribution < -0.4 is 0 Å². The molecular formula is C26H39NO5. The zero-order valence-electron chi connectivity index (χ0n) is 21.0. The molecule has 0 aromatic heterocycles. The van der Waals surface area contributed by atoms with Gasteiger partial charge < -0.3 is 24.2 Å². The molecule has 0 spiro atoms. The van der Waals surface area contributed by atoms with Gasteiger partial charge in [-0.2, -0.15) is 0 Å². The molecule has 1 saturated heterocycles. The Hall–Kier alpha value is -1.89. The Labute approximate surface area is 192 Å². The first-order chi connectivity index (χ1) is 14.7. The molecule has 6 nitrogen and oxygen atoms in total. The van der Waals surface area contributed by atoms with Crippen LogP contribution in [0, 0.1) is 5.92 Å². The van der Waals surface area contributed by atoms with Gasteiger partial charge >= 0.3 is 5.97 Å². The van der Waals surface area contributed by atoms with Crippen LogP contribution >= 0.6 is 0 Å². The molecule has 178 valence electrons. The van der Waals surface area contributed by atoms with Crippen LogP contribution in [0.1, 0.15) is 71.6 Å². The lowest BCUT2D eigenvalue weighted by Gasteiger charge is -2.52. The van der Waals surface area contributed by atoms with Gasteiger partial charge in [0.15, 0.2) is 12.0 Å². The first-order valence-corrected chi connectivity index (χ1v) is 11.3. The zero-order chi connectivity index (χ0) is 24.1. The van der Waals surface area contributed by atoms with E-state index in [4.69, 9.17) is 14.2 Å². The third kappa shape index (κ3) is 4.59. The molecule has 0 amide bonds. The van der Waals surface area contributed by atoms with E-state index >= 15 is 0 Å². The van der Waals surface area contributed by atoms with Crippen LogP contribution in [-0.2, 0) is 36.4 Å². The third-order valence-electron chi connectivity index (χ3n) is 6.73. The minimum absolute atomic E-state index is 0.0123. The molecule has 0 unspecified atom stereocenters. The fraction of sp³-hybridized carbons (Fsp3) is 0.654. The lowest BCUT2D eigenvalue weighted by molar-refractivity contribution is -0.269. The monoisotopic (exact) mass is 445 g/mol. The van der Waals surface area contributed by atoms with Crippen LogP contribution in [0.15, 0.2) is 29.5 Å². The molecule has 32 heavy (non-hydrogen) atoms. The van der Waals surface area contributed by atoms with Gasteiger partial charge in [-0.3, -0.25) is 0 Å². The van der Waals surface area contributed by atoms with E-state index in [1.807, 2.05) is 11.8 Å². The minimum Gasteiger partial charge on any atom is -0.466 e. The van der Waals surface area contributed by atoms with Crippen molar-refractivity contribution in [2.45, 2.75) is 84.3 Å². The molecule has 1 N–H and O–H groups in total. The summed E-state index contributed by atoms with van der Waals surface area (Å²) >= 11 is 0. The lowest BCUT2D eigenvalue weighted by atomic mass is 9.78. The number of fused-ring (bicyclic) bond motifs is 2. The minimum atomic E-state index is -1.22. The van der Waals surface area contributed by atoms with Gasteiger partial charge in [0, 0.05) is 31.7 Å². The maximum atomic E-state index is 12.7. The van der Waals surface area contributed by atoms with Crippen molar-refractivity contribution in [1.82, 2.24) is 4.90 Å². The summed E-state index contributed by atoms with van der Waals surface area (Å²) in [6, 6.07) is 6.69. The zero-order valence-corrected chi connectivity index (χ0v) is 21.0. The van der Waals surface area contributed by atoms with Gasteiger partial charge in [-0.1, -0.05) is 59.7 Å². The summed E-state index contributed by atoms with van der Waals surface area (Å²) in [6.07, 6.45) is -0.239. The molecule has 1 aromatic carbocycles. The van der Waals surface area contributed by atoms with E-state index in [1.165, 1.54) is 18.2 Å². The van der Waals surface area contributed by atoms with E-state index in [-0.39, 0.29) is 23.4 Å². The topological polar surface area (TPSA) is 68.2 Å². The summed E-state index contributed by atoms with van der Waals surface area (Å²) in [6.45, 7) is 15.7. The maximum absolute atomic E-state index is 12.7. The maximum Gasteiger partial charge on any atom is 0.335 e. The van der Waals surface area contributed by atoms with Crippen LogP contribution in [-0.4, -0.2) is 48.8 Å². The van der Waals surface area contributed by atoms with Crippen LogP contribution in [0.25, 0.3) is 0 Å². The number of benzene rings is 1. The van der Waals surface area contributed by atoms with Gasteiger partial charge in [-0.05, 0) is 34.4 Å². The molecule has 2 heterocycles. The van der Waals surface area contributed by atoms with Crippen molar-refractivity contribution in [1.29, 1.82) is 0 Å². The molecule has 1 fully saturated rings.